The summed E-state index contributed by atoms with van der Waals surface area (Å²) in [4.78, 5) is -0.644. The maximum Gasteiger partial charge on any atom is 0.246 e. The minimum absolute atomic E-state index is 0.175. The van der Waals surface area contributed by atoms with E-state index in [-0.39, 0.29) is 11.0 Å². The first-order chi connectivity index (χ1) is 7.80. The minimum Gasteiger partial charge on any atom is -0.395 e. The zero-order valence-electron chi connectivity index (χ0n) is 8.82. The van der Waals surface area contributed by atoms with E-state index < -0.39 is 33.2 Å². The van der Waals surface area contributed by atoms with Crippen molar-refractivity contribution < 1.29 is 22.3 Å². The van der Waals surface area contributed by atoms with Crippen LogP contribution in [0.25, 0.3) is 0 Å². The largest absolute Gasteiger partial charge is 0.395 e. The first-order valence-corrected chi connectivity index (χ1v) is 6.75. The van der Waals surface area contributed by atoms with Crippen molar-refractivity contribution in [3.8, 4) is 0 Å². The molecule has 1 aromatic rings. The minimum atomic E-state index is -4.09. The van der Waals surface area contributed by atoms with Gasteiger partial charge in [-0.25, -0.2) is 17.2 Å². The molecule has 0 aliphatic carbocycles. The number of hydrogen-bond donors (Lipinski definition) is 1. The highest BCUT2D eigenvalue weighted by Crippen LogP contribution is 2.28. The second-order valence-electron chi connectivity index (χ2n) is 3.25. The van der Waals surface area contributed by atoms with Crippen molar-refractivity contribution in [1.29, 1.82) is 0 Å². The second kappa shape index (κ2) is 5.38. The number of likely N-dealkylation sites (N-methyl/N-ethyl adjacent to an activating group) is 1. The lowest BCUT2D eigenvalue weighted by Crippen LogP contribution is -2.30. The highest BCUT2D eigenvalue weighted by molar-refractivity contribution is 9.10. The number of sulfonamides is 1. The molecule has 4 nitrogen and oxygen atoms in total. The van der Waals surface area contributed by atoms with Gasteiger partial charge in [0, 0.05) is 24.1 Å². The molecule has 0 bridgehead atoms. The SMILES string of the molecule is CN(CCO)S(=O)(=O)c1c(F)cc(F)cc1Br. The van der Waals surface area contributed by atoms with Crippen LogP contribution in [0.5, 0.6) is 0 Å². The molecule has 8 heteroatoms. The summed E-state index contributed by atoms with van der Waals surface area (Å²) in [5.41, 5.74) is 0. The van der Waals surface area contributed by atoms with E-state index in [0.29, 0.717) is 6.07 Å². The number of nitrogens with zero attached hydrogens (tertiary/aromatic N) is 1. The smallest absolute Gasteiger partial charge is 0.246 e. The third-order valence-electron chi connectivity index (χ3n) is 2.05. The van der Waals surface area contributed by atoms with Crippen molar-refractivity contribution >= 4 is 26.0 Å². The van der Waals surface area contributed by atoms with E-state index in [1.807, 2.05) is 0 Å². The van der Waals surface area contributed by atoms with Crippen LogP contribution < -0.4 is 0 Å². The zero-order valence-corrected chi connectivity index (χ0v) is 11.2. The monoisotopic (exact) mass is 329 g/mol. The van der Waals surface area contributed by atoms with Gasteiger partial charge >= 0.3 is 0 Å². The van der Waals surface area contributed by atoms with Gasteiger partial charge in [-0.3, -0.25) is 0 Å². The molecule has 1 rings (SSSR count). The highest BCUT2D eigenvalue weighted by Gasteiger charge is 2.27. The fourth-order valence-electron chi connectivity index (χ4n) is 1.19. The zero-order chi connectivity index (χ0) is 13.2. The Hall–Kier alpha value is -0.570. The molecule has 0 saturated carbocycles. The Bertz CT molecular complexity index is 498. The van der Waals surface area contributed by atoms with Crippen LogP contribution in [0.1, 0.15) is 0 Å². The quantitative estimate of drug-likeness (QED) is 0.906. The molecule has 96 valence electrons. The normalized spacial score (nSPS) is 12.1. The Labute approximate surface area is 106 Å². The van der Waals surface area contributed by atoms with Crippen LogP contribution in [0.2, 0.25) is 0 Å². The van der Waals surface area contributed by atoms with E-state index in [4.69, 9.17) is 5.11 Å². The molecule has 0 aliphatic heterocycles. The number of rotatable bonds is 4. The van der Waals surface area contributed by atoms with E-state index in [1.54, 1.807) is 0 Å². The fourth-order valence-corrected chi connectivity index (χ4v) is 3.46. The molecule has 0 saturated heterocycles. The number of aliphatic hydroxyl groups excluding tert-OH is 1. The Morgan fingerprint density at radius 2 is 2.00 bits per heavy atom. The number of aliphatic hydroxyl groups is 1. The van der Waals surface area contributed by atoms with Gasteiger partial charge in [-0.1, -0.05) is 0 Å². The predicted octanol–water partition coefficient (Wildman–Crippen LogP) is 1.34. The molecule has 17 heavy (non-hydrogen) atoms. The van der Waals surface area contributed by atoms with Gasteiger partial charge < -0.3 is 5.11 Å². The van der Waals surface area contributed by atoms with Crippen LogP contribution in [0.4, 0.5) is 8.78 Å². The van der Waals surface area contributed by atoms with Crippen LogP contribution in [0.3, 0.4) is 0 Å². The highest BCUT2D eigenvalue weighted by atomic mass is 79.9. The first-order valence-electron chi connectivity index (χ1n) is 4.52. The molecule has 0 radical (unpaired) electrons. The van der Waals surface area contributed by atoms with Crippen LogP contribution in [-0.2, 0) is 10.0 Å². The van der Waals surface area contributed by atoms with E-state index in [0.717, 1.165) is 10.4 Å². The van der Waals surface area contributed by atoms with E-state index in [2.05, 4.69) is 15.9 Å². The summed E-state index contributed by atoms with van der Waals surface area (Å²) in [6.07, 6.45) is 0. The van der Waals surface area contributed by atoms with Gasteiger partial charge in [-0.15, -0.1) is 0 Å². The van der Waals surface area contributed by atoms with Crippen molar-refractivity contribution in [2.75, 3.05) is 20.2 Å². The Morgan fingerprint density at radius 1 is 1.41 bits per heavy atom. The van der Waals surface area contributed by atoms with Crippen molar-refractivity contribution in [3.63, 3.8) is 0 Å². The molecule has 0 aliphatic rings. The Kier molecular flexibility index (Phi) is 4.59. The van der Waals surface area contributed by atoms with Crippen molar-refractivity contribution in [2.45, 2.75) is 4.90 Å². The molecule has 0 amide bonds. The molecule has 1 aromatic carbocycles. The summed E-state index contributed by atoms with van der Waals surface area (Å²) in [6.45, 7) is -0.568. The van der Waals surface area contributed by atoms with Gasteiger partial charge in [0.1, 0.15) is 16.5 Å². The number of halogens is 3. The Balaban J connectivity index is 3.34. The van der Waals surface area contributed by atoms with E-state index in [1.165, 1.54) is 7.05 Å². The summed E-state index contributed by atoms with van der Waals surface area (Å²) in [5, 5.41) is 8.66. The lowest BCUT2D eigenvalue weighted by Gasteiger charge is -2.17. The van der Waals surface area contributed by atoms with Gasteiger partial charge in [0.25, 0.3) is 0 Å². The summed E-state index contributed by atoms with van der Waals surface area (Å²) >= 11 is 2.80. The summed E-state index contributed by atoms with van der Waals surface area (Å²) < 4.78 is 50.7. The van der Waals surface area contributed by atoms with Crippen LogP contribution in [0, 0.1) is 11.6 Å². The topological polar surface area (TPSA) is 57.6 Å². The van der Waals surface area contributed by atoms with Gasteiger partial charge in [0.2, 0.25) is 10.0 Å². The van der Waals surface area contributed by atoms with Crippen LogP contribution >= 0.6 is 15.9 Å². The third-order valence-corrected chi connectivity index (χ3v) is 4.87. The van der Waals surface area contributed by atoms with Crippen molar-refractivity contribution in [2.24, 2.45) is 0 Å². The maximum absolute atomic E-state index is 13.5. The molecular formula is C9H10BrF2NO3S. The summed E-state index contributed by atoms with van der Waals surface area (Å²) in [7, 11) is -2.90. The molecule has 0 heterocycles. The van der Waals surface area contributed by atoms with E-state index >= 15 is 0 Å². The standard InChI is InChI=1S/C9H10BrF2NO3S/c1-13(2-3-14)17(15,16)9-7(10)4-6(11)5-8(9)12/h4-5,14H,2-3H2,1H3. The first kappa shape index (κ1) is 14.5. The van der Waals surface area contributed by atoms with E-state index in [9.17, 15) is 17.2 Å². The van der Waals surface area contributed by atoms with Gasteiger partial charge in [-0.05, 0) is 22.0 Å². The molecule has 0 fully saturated rings. The van der Waals surface area contributed by atoms with Crippen molar-refractivity contribution in [3.05, 3.63) is 28.2 Å². The molecule has 0 unspecified atom stereocenters. The lowest BCUT2D eigenvalue weighted by molar-refractivity contribution is 0.266. The molecule has 0 atom stereocenters. The molecular weight excluding hydrogens is 320 g/mol. The number of benzene rings is 1. The average Bonchev–Trinajstić information content (AvgIpc) is 2.15. The lowest BCUT2D eigenvalue weighted by atomic mass is 10.3. The maximum atomic E-state index is 13.5. The predicted molar refractivity (Wildman–Crippen MR) is 61.0 cm³/mol. The number of hydrogen-bond acceptors (Lipinski definition) is 3. The molecule has 0 spiro atoms. The average molecular weight is 330 g/mol. The fraction of sp³-hybridized carbons (Fsp3) is 0.333. The second-order valence-corrected chi connectivity index (χ2v) is 6.08. The molecule has 1 N–H and O–H groups in total. The van der Waals surface area contributed by atoms with Gasteiger partial charge in [0.05, 0.1) is 6.61 Å². The summed E-state index contributed by atoms with van der Waals surface area (Å²) in [6, 6.07) is 1.35. The van der Waals surface area contributed by atoms with Gasteiger partial charge in [-0.2, -0.15) is 4.31 Å². The molecule has 0 aromatic heterocycles. The third kappa shape index (κ3) is 3.01. The van der Waals surface area contributed by atoms with Crippen LogP contribution in [-0.4, -0.2) is 38.0 Å². The summed E-state index contributed by atoms with van der Waals surface area (Å²) in [5.74, 6) is -2.06. The van der Waals surface area contributed by atoms with Gasteiger partial charge in [0.15, 0.2) is 0 Å². The Morgan fingerprint density at radius 3 is 2.47 bits per heavy atom. The van der Waals surface area contributed by atoms with Crippen molar-refractivity contribution in [1.82, 2.24) is 4.31 Å². The van der Waals surface area contributed by atoms with Crippen LogP contribution in [0.15, 0.2) is 21.5 Å².